The molecule has 0 rings (SSSR count). The molecule has 0 aromatic heterocycles. The molecule has 0 spiro atoms. The van der Waals surface area contributed by atoms with Gasteiger partial charge >= 0.3 is 48.9 Å². The predicted octanol–water partition coefficient (Wildman–Crippen LogP) is -0.983. The molecule has 0 aliphatic rings. The van der Waals surface area contributed by atoms with E-state index >= 15 is 0 Å². The maximum atomic E-state index is 0. The van der Waals surface area contributed by atoms with Gasteiger partial charge in [0.1, 0.15) is 0 Å². The Kier molecular flexibility index (Phi) is 103. The third-order valence-corrected chi connectivity index (χ3v) is 0. The van der Waals surface area contributed by atoms with Crippen LogP contribution in [0.2, 0.25) is 0 Å². The molecule has 0 saturated heterocycles. The molecule has 0 aromatic rings. The van der Waals surface area contributed by atoms with Crippen LogP contribution in [0.5, 0.6) is 0 Å². The SMILES string of the molecule is O.[Ba+2].[Cu].[H-].[H-].[Yb]. The van der Waals surface area contributed by atoms with Crippen molar-refractivity contribution in [1.82, 2.24) is 0 Å². The van der Waals surface area contributed by atoms with Crippen LogP contribution in [0.1, 0.15) is 2.85 Å². The minimum atomic E-state index is 0. The second-order valence-corrected chi connectivity index (χ2v) is 0. The molecule has 37 valence electrons. The summed E-state index contributed by atoms with van der Waals surface area (Å²) in [5.74, 6) is 0. The Morgan fingerprint density at radius 1 is 1.25 bits per heavy atom. The van der Waals surface area contributed by atoms with E-state index in [0.717, 1.165) is 0 Å². The molecule has 1 radical (unpaired) electrons. The molecule has 0 amide bonds. The summed E-state index contributed by atoms with van der Waals surface area (Å²) in [5, 5.41) is 0. The molecule has 0 aliphatic heterocycles. The molecule has 0 bridgehead atoms. The molecule has 0 fully saturated rings. The molecule has 0 atom stereocenters. The smallest absolute Gasteiger partial charge is 1.00 e. The van der Waals surface area contributed by atoms with Crippen molar-refractivity contribution in [3.63, 3.8) is 0 Å². The summed E-state index contributed by atoms with van der Waals surface area (Å²) >= 11 is 0. The molecular formula is H4BaCuOYb. The van der Waals surface area contributed by atoms with Crippen molar-refractivity contribution < 1.29 is 72.3 Å². The number of hydrogen-bond acceptors (Lipinski definition) is 0. The second-order valence-electron chi connectivity index (χ2n) is 0. The maximum absolute atomic E-state index is 0. The van der Waals surface area contributed by atoms with Gasteiger partial charge in [-0.25, -0.2) is 0 Å². The Balaban J connectivity index is 0. The fourth-order valence-electron chi connectivity index (χ4n) is 0. The van der Waals surface area contributed by atoms with Crippen LogP contribution in [0.25, 0.3) is 0 Å². The molecular weight excluding hydrogens is 390 g/mol. The maximum Gasteiger partial charge on any atom is 2.00 e. The van der Waals surface area contributed by atoms with Gasteiger partial charge in [0.25, 0.3) is 0 Å². The van der Waals surface area contributed by atoms with Crippen molar-refractivity contribution in [3.8, 4) is 0 Å². The summed E-state index contributed by atoms with van der Waals surface area (Å²) in [6.45, 7) is 0. The van der Waals surface area contributed by atoms with E-state index in [9.17, 15) is 0 Å². The van der Waals surface area contributed by atoms with Gasteiger partial charge in [0.05, 0.1) is 0 Å². The zero-order valence-corrected chi connectivity index (χ0v) is 8.87. The first kappa shape index (κ1) is 25.6. The summed E-state index contributed by atoms with van der Waals surface area (Å²) in [6, 6.07) is 0. The molecule has 0 saturated carbocycles. The van der Waals surface area contributed by atoms with Crippen LogP contribution in [0.3, 0.4) is 0 Å². The monoisotopic (exact) mass is 395 g/mol. The summed E-state index contributed by atoms with van der Waals surface area (Å²) < 4.78 is 0. The van der Waals surface area contributed by atoms with E-state index in [1.54, 1.807) is 0 Å². The zero-order chi connectivity index (χ0) is 0. The molecule has 0 aliphatic carbocycles. The van der Waals surface area contributed by atoms with E-state index in [4.69, 9.17) is 0 Å². The first-order valence-corrected chi connectivity index (χ1v) is 0. The molecule has 2 N–H and O–H groups in total. The fraction of sp³-hybridized carbons (Fsp3) is 0. The van der Waals surface area contributed by atoms with Crippen LogP contribution in [-0.2, 0) is 17.1 Å². The van der Waals surface area contributed by atoms with E-state index in [1.807, 2.05) is 0 Å². The van der Waals surface area contributed by atoms with Crippen molar-refractivity contribution in [1.29, 1.82) is 0 Å². The summed E-state index contributed by atoms with van der Waals surface area (Å²) in [7, 11) is 0. The molecule has 0 aromatic carbocycles. The average molecular weight is 394 g/mol. The first-order chi connectivity index (χ1) is 0. The van der Waals surface area contributed by atoms with E-state index in [-0.39, 0.29) is 121 Å². The van der Waals surface area contributed by atoms with Crippen molar-refractivity contribution >= 4 is 48.9 Å². The van der Waals surface area contributed by atoms with Crippen molar-refractivity contribution in [2.24, 2.45) is 0 Å². The zero-order valence-electron chi connectivity index (χ0n) is 3.78. The standard InChI is InChI=1S/Ba.Cu.H2O.Yb.2H/h;;1H2;;;/q+2;;;;2*-1. The number of hydrogen-bond donors (Lipinski definition) is 0. The van der Waals surface area contributed by atoms with Gasteiger partial charge in [-0.15, -0.1) is 0 Å². The van der Waals surface area contributed by atoms with Crippen molar-refractivity contribution in [2.45, 2.75) is 0 Å². The fourth-order valence-corrected chi connectivity index (χ4v) is 0. The van der Waals surface area contributed by atoms with Crippen molar-refractivity contribution in [2.75, 3.05) is 0 Å². The average Bonchev–Trinajstić information content (AvgIpc) is 0. The molecule has 0 unspecified atom stereocenters. The summed E-state index contributed by atoms with van der Waals surface area (Å²) in [4.78, 5) is 0. The first-order valence-electron chi connectivity index (χ1n) is 0. The number of rotatable bonds is 0. The van der Waals surface area contributed by atoms with E-state index < -0.39 is 0 Å². The largest absolute Gasteiger partial charge is 2.00 e. The quantitative estimate of drug-likeness (QED) is 0.474. The molecule has 1 nitrogen and oxygen atoms in total. The Labute approximate surface area is 118 Å². The second kappa shape index (κ2) is 16.0. The van der Waals surface area contributed by atoms with Crippen LogP contribution in [-0.4, -0.2) is 54.4 Å². The van der Waals surface area contributed by atoms with Crippen LogP contribution >= 0.6 is 0 Å². The van der Waals surface area contributed by atoms with Gasteiger partial charge in [-0.2, -0.15) is 0 Å². The third kappa shape index (κ3) is 9.13. The normalized spacial score (nSPS) is 0. The van der Waals surface area contributed by atoms with Gasteiger partial charge in [0.2, 0.25) is 0 Å². The van der Waals surface area contributed by atoms with Gasteiger partial charge < -0.3 is 8.33 Å². The summed E-state index contributed by atoms with van der Waals surface area (Å²) in [6.07, 6.45) is 0. The van der Waals surface area contributed by atoms with E-state index in [1.165, 1.54) is 0 Å². The van der Waals surface area contributed by atoms with Crippen LogP contribution in [0.15, 0.2) is 0 Å². The van der Waals surface area contributed by atoms with Crippen LogP contribution in [0, 0.1) is 46.9 Å². The molecule has 0 heterocycles. The van der Waals surface area contributed by atoms with Gasteiger partial charge in [0.15, 0.2) is 0 Å². The van der Waals surface area contributed by atoms with Crippen LogP contribution in [0.4, 0.5) is 0 Å². The van der Waals surface area contributed by atoms with Gasteiger partial charge in [-0.1, -0.05) is 0 Å². The van der Waals surface area contributed by atoms with Gasteiger partial charge in [-0.3, -0.25) is 0 Å². The third-order valence-electron chi connectivity index (χ3n) is 0. The minimum Gasteiger partial charge on any atom is -1.00 e. The molecule has 4 heavy (non-hydrogen) atoms. The predicted molar refractivity (Wildman–Crippen MR) is 11.6 cm³/mol. The minimum absolute atomic E-state index is 0. The van der Waals surface area contributed by atoms with Crippen LogP contribution < -0.4 is 0 Å². The molecule has 4 heteroatoms. The van der Waals surface area contributed by atoms with E-state index in [2.05, 4.69) is 0 Å². The van der Waals surface area contributed by atoms with E-state index in [0.29, 0.717) is 0 Å². The summed E-state index contributed by atoms with van der Waals surface area (Å²) in [5.41, 5.74) is 0. The Hall–Kier alpha value is 3.57. The Morgan fingerprint density at radius 2 is 1.25 bits per heavy atom. The topological polar surface area (TPSA) is 31.5 Å². The van der Waals surface area contributed by atoms with Gasteiger partial charge in [-0.05, 0) is 0 Å². The van der Waals surface area contributed by atoms with Gasteiger partial charge in [0, 0.05) is 64.0 Å². The Bertz CT molecular complexity index is 13.5. The van der Waals surface area contributed by atoms with Crippen molar-refractivity contribution in [3.05, 3.63) is 0 Å². The Morgan fingerprint density at radius 3 is 1.25 bits per heavy atom.